The summed E-state index contributed by atoms with van der Waals surface area (Å²) < 4.78 is 5.98. The van der Waals surface area contributed by atoms with Crippen molar-refractivity contribution < 1.29 is 4.42 Å². The zero-order valence-electron chi connectivity index (χ0n) is 9.96. The maximum Gasteiger partial charge on any atom is 0.211 e. The smallest absolute Gasteiger partial charge is 0.211 e. The average molecular weight is 220 g/mol. The first-order valence-electron chi connectivity index (χ1n) is 6.47. The Morgan fingerprint density at radius 3 is 2.88 bits per heavy atom. The van der Waals surface area contributed by atoms with Crippen molar-refractivity contribution in [1.29, 1.82) is 0 Å². The van der Waals surface area contributed by atoms with E-state index in [1.54, 1.807) is 0 Å². The molecule has 1 saturated carbocycles. The molecule has 3 rings (SSSR count). The van der Waals surface area contributed by atoms with Gasteiger partial charge in [0.25, 0.3) is 0 Å². The van der Waals surface area contributed by atoms with Gasteiger partial charge < -0.3 is 9.73 Å². The molecule has 88 valence electrons. The van der Waals surface area contributed by atoms with Crippen LogP contribution >= 0.6 is 0 Å². The highest BCUT2D eigenvalue weighted by molar-refractivity contribution is 5.13. The van der Waals surface area contributed by atoms with E-state index in [-0.39, 0.29) is 5.41 Å². The Labute approximate surface area is 96.6 Å². The minimum Gasteiger partial charge on any atom is -0.443 e. The van der Waals surface area contributed by atoms with Crippen molar-refractivity contribution in [2.75, 3.05) is 6.54 Å². The highest BCUT2D eigenvalue weighted by atomic mass is 16.4. The van der Waals surface area contributed by atoms with E-state index in [0.29, 0.717) is 6.04 Å². The summed E-state index contributed by atoms with van der Waals surface area (Å²) in [5, 5.41) is 3.43. The molecule has 1 unspecified atom stereocenters. The lowest BCUT2D eigenvalue weighted by molar-refractivity contribution is 0.330. The van der Waals surface area contributed by atoms with Gasteiger partial charge >= 0.3 is 0 Å². The Morgan fingerprint density at radius 2 is 2.19 bits per heavy atom. The second-order valence-electron chi connectivity index (χ2n) is 5.48. The quantitative estimate of drug-likeness (QED) is 0.832. The topological polar surface area (TPSA) is 38.1 Å². The molecule has 0 bridgehead atoms. The average Bonchev–Trinajstić information content (AvgIpc) is 2.98. The summed E-state index contributed by atoms with van der Waals surface area (Å²) in [7, 11) is 0. The van der Waals surface area contributed by atoms with Gasteiger partial charge in [0.05, 0.1) is 12.2 Å². The second kappa shape index (κ2) is 3.88. The van der Waals surface area contributed by atoms with Crippen LogP contribution in [0.15, 0.2) is 10.6 Å². The summed E-state index contributed by atoms with van der Waals surface area (Å²) in [5.41, 5.74) is 0.254. The summed E-state index contributed by atoms with van der Waals surface area (Å²) in [5.74, 6) is 2.01. The van der Waals surface area contributed by atoms with Crippen molar-refractivity contribution >= 4 is 0 Å². The van der Waals surface area contributed by atoms with Gasteiger partial charge in [-0.15, -0.1) is 0 Å². The SMILES string of the molecule is CC1(c2cnc(C3CCCN3)o2)CCCC1. The van der Waals surface area contributed by atoms with Crippen LogP contribution in [0, 0.1) is 0 Å². The van der Waals surface area contributed by atoms with Crippen LogP contribution in [0.3, 0.4) is 0 Å². The van der Waals surface area contributed by atoms with Crippen molar-refractivity contribution in [3.05, 3.63) is 17.8 Å². The molecular formula is C13H20N2O. The fourth-order valence-corrected chi connectivity index (χ4v) is 3.02. The standard InChI is InChI=1S/C13H20N2O/c1-13(6-2-3-7-13)11-9-15-12(16-11)10-5-4-8-14-10/h9-10,14H,2-8H2,1H3. The van der Waals surface area contributed by atoms with E-state index >= 15 is 0 Å². The molecule has 0 aromatic carbocycles. The van der Waals surface area contributed by atoms with Crippen LogP contribution in [0.2, 0.25) is 0 Å². The molecule has 1 saturated heterocycles. The van der Waals surface area contributed by atoms with Gasteiger partial charge in [0.2, 0.25) is 5.89 Å². The summed E-state index contributed by atoms with van der Waals surface area (Å²) in [6, 6.07) is 0.360. The number of rotatable bonds is 2. The number of aromatic nitrogens is 1. The summed E-state index contributed by atoms with van der Waals surface area (Å²) in [6.45, 7) is 3.41. The molecule has 2 aliphatic rings. The van der Waals surface area contributed by atoms with Gasteiger partial charge in [-0.3, -0.25) is 0 Å². The van der Waals surface area contributed by atoms with E-state index in [9.17, 15) is 0 Å². The third-order valence-electron chi connectivity index (χ3n) is 4.18. The maximum atomic E-state index is 5.98. The van der Waals surface area contributed by atoms with E-state index in [4.69, 9.17) is 4.42 Å². The summed E-state index contributed by atoms with van der Waals surface area (Å²) >= 11 is 0. The predicted molar refractivity (Wildman–Crippen MR) is 62.3 cm³/mol. The Bertz CT molecular complexity index is 360. The van der Waals surface area contributed by atoms with Gasteiger partial charge in [0, 0.05) is 5.41 Å². The van der Waals surface area contributed by atoms with E-state index < -0.39 is 0 Å². The molecule has 3 heteroatoms. The molecular weight excluding hydrogens is 200 g/mol. The van der Waals surface area contributed by atoms with Crippen molar-refractivity contribution in [1.82, 2.24) is 10.3 Å². The first kappa shape index (κ1) is 10.3. The Hall–Kier alpha value is -0.830. The van der Waals surface area contributed by atoms with E-state index in [0.717, 1.165) is 24.6 Å². The lowest BCUT2D eigenvalue weighted by Gasteiger charge is -2.19. The lowest BCUT2D eigenvalue weighted by Crippen LogP contribution is -2.16. The number of hydrogen-bond acceptors (Lipinski definition) is 3. The van der Waals surface area contributed by atoms with Crippen LogP contribution in [0.5, 0.6) is 0 Å². The van der Waals surface area contributed by atoms with Crippen LogP contribution in [0.25, 0.3) is 0 Å². The van der Waals surface area contributed by atoms with Crippen molar-refractivity contribution in [2.45, 2.75) is 56.9 Å². The lowest BCUT2D eigenvalue weighted by atomic mass is 9.87. The molecule has 1 aromatic heterocycles. The zero-order chi connectivity index (χ0) is 11.0. The monoisotopic (exact) mass is 220 g/mol. The van der Waals surface area contributed by atoms with Crippen molar-refractivity contribution in [2.24, 2.45) is 0 Å². The Morgan fingerprint density at radius 1 is 1.38 bits per heavy atom. The van der Waals surface area contributed by atoms with Crippen LogP contribution < -0.4 is 5.32 Å². The van der Waals surface area contributed by atoms with Gasteiger partial charge in [0.15, 0.2) is 0 Å². The summed E-state index contributed by atoms with van der Waals surface area (Å²) in [6.07, 6.45) is 9.51. The van der Waals surface area contributed by atoms with Gasteiger partial charge in [-0.2, -0.15) is 0 Å². The van der Waals surface area contributed by atoms with Gasteiger partial charge in [-0.25, -0.2) is 4.98 Å². The summed E-state index contributed by atoms with van der Waals surface area (Å²) in [4.78, 5) is 4.46. The highest BCUT2D eigenvalue weighted by Gasteiger charge is 2.35. The van der Waals surface area contributed by atoms with Gasteiger partial charge in [0.1, 0.15) is 5.76 Å². The highest BCUT2D eigenvalue weighted by Crippen LogP contribution is 2.41. The van der Waals surface area contributed by atoms with Crippen LogP contribution in [0.4, 0.5) is 0 Å². The van der Waals surface area contributed by atoms with E-state index in [2.05, 4.69) is 17.2 Å². The predicted octanol–water partition coefficient (Wildman–Crippen LogP) is 2.93. The van der Waals surface area contributed by atoms with Crippen molar-refractivity contribution in [3.8, 4) is 0 Å². The molecule has 3 nitrogen and oxygen atoms in total. The molecule has 0 radical (unpaired) electrons. The molecule has 1 atom stereocenters. The van der Waals surface area contributed by atoms with Crippen LogP contribution in [0.1, 0.15) is 63.1 Å². The van der Waals surface area contributed by atoms with Crippen LogP contribution in [-0.2, 0) is 5.41 Å². The largest absolute Gasteiger partial charge is 0.443 e. The third kappa shape index (κ3) is 1.67. The fourth-order valence-electron chi connectivity index (χ4n) is 3.02. The first-order valence-corrected chi connectivity index (χ1v) is 6.47. The third-order valence-corrected chi connectivity index (χ3v) is 4.18. The fraction of sp³-hybridized carbons (Fsp3) is 0.769. The zero-order valence-corrected chi connectivity index (χ0v) is 9.96. The van der Waals surface area contributed by atoms with E-state index in [1.165, 1.54) is 32.1 Å². The Kier molecular flexibility index (Phi) is 2.51. The Balaban J connectivity index is 1.81. The van der Waals surface area contributed by atoms with Gasteiger partial charge in [-0.1, -0.05) is 19.8 Å². The minimum atomic E-state index is 0.254. The molecule has 1 aromatic rings. The minimum absolute atomic E-state index is 0.254. The molecule has 16 heavy (non-hydrogen) atoms. The molecule has 1 N–H and O–H groups in total. The number of hydrogen-bond donors (Lipinski definition) is 1. The normalized spacial score (nSPS) is 28.7. The van der Waals surface area contributed by atoms with E-state index in [1.807, 2.05) is 6.20 Å². The molecule has 0 spiro atoms. The molecule has 2 fully saturated rings. The second-order valence-corrected chi connectivity index (χ2v) is 5.48. The molecule has 2 heterocycles. The maximum absolute atomic E-state index is 5.98. The number of nitrogens with one attached hydrogen (secondary N) is 1. The first-order chi connectivity index (χ1) is 7.78. The number of nitrogens with zero attached hydrogens (tertiary/aromatic N) is 1. The molecule has 0 amide bonds. The van der Waals surface area contributed by atoms with Crippen molar-refractivity contribution in [3.63, 3.8) is 0 Å². The van der Waals surface area contributed by atoms with Crippen LogP contribution in [-0.4, -0.2) is 11.5 Å². The molecule has 1 aliphatic carbocycles. The molecule has 1 aliphatic heterocycles. The van der Waals surface area contributed by atoms with Gasteiger partial charge in [-0.05, 0) is 32.2 Å². The number of oxazole rings is 1.